The Morgan fingerprint density at radius 2 is 2.05 bits per heavy atom. The summed E-state index contributed by atoms with van der Waals surface area (Å²) in [6, 6.07) is 8.27. The molecule has 3 aliphatic rings. The normalized spacial score (nSPS) is 31.5. The maximum Gasteiger partial charge on any atom is 0.254 e. The summed E-state index contributed by atoms with van der Waals surface area (Å²) in [5.74, 6) is 0.190. The number of amides is 1. The molecule has 0 spiro atoms. The van der Waals surface area contributed by atoms with Crippen molar-refractivity contribution >= 4 is 5.91 Å². The second kappa shape index (κ2) is 6.01. The lowest BCUT2D eigenvalue weighted by Gasteiger charge is -2.27. The molecule has 0 radical (unpaired) electrons. The van der Waals surface area contributed by atoms with Gasteiger partial charge in [0.05, 0.1) is 6.10 Å². The minimum Gasteiger partial charge on any atom is -0.353 e. The van der Waals surface area contributed by atoms with Gasteiger partial charge in [0.1, 0.15) is 0 Å². The molecule has 2 fully saturated rings. The Balaban J connectivity index is 1.36. The van der Waals surface area contributed by atoms with Gasteiger partial charge in [0.25, 0.3) is 5.91 Å². The van der Waals surface area contributed by atoms with Gasteiger partial charge in [0.15, 0.2) is 6.29 Å². The summed E-state index contributed by atoms with van der Waals surface area (Å²) < 4.78 is 11.8. The number of hydrogen-bond donors (Lipinski definition) is 0. The van der Waals surface area contributed by atoms with Crippen LogP contribution in [0.4, 0.5) is 0 Å². The van der Waals surface area contributed by atoms with Crippen molar-refractivity contribution in [2.75, 3.05) is 6.61 Å². The van der Waals surface area contributed by atoms with Crippen LogP contribution in [0.2, 0.25) is 0 Å². The monoisotopic (exact) mass is 301 g/mol. The number of rotatable bonds is 3. The highest BCUT2D eigenvalue weighted by molar-refractivity contribution is 5.98. The van der Waals surface area contributed by atoms with Crippen molar-refractivity contribution in [2.24, 2.45) is 0 Å². The fourth-order valence-corrected chi connectivity index (χ4v) is 3.93. The highest BCUT2D eigenvalue weighted by atomic mass is 16.7. The van der Waals surface area contributed by atoms with Crippen LogP contribution in [0.25, 0.3) is 0 Å². The third kappa shape index (κ3) is 2.66. The minimum atomic E-state index is -0.0241. The summed E-state index contributed by atoms with van der Waals surface area (Å²) in [5.41, 5.74) is 2.04. The molecule has 1 saturated heterocycles. The Morgan fingerprint density at radius 3 is 2.86 bits per heavy atom. The number of carbonyl (C=O) groups is 1. The molecule has 2 heterocycles. The molecule has 1 aliphatic carbocycles. The molecule has 1 aromatic rings. The fraction of sp³-hybridized carbons (Fsp3) is 0.611. The Bertz CT molecular complexity index is 553. The molecule has 1 saturated carbocycles. The predicted octanol–water partition coefficient (Wildman–Crippen LogP) is 3.11. The SMILES string of the molecule is O=C1c2ccccc2CN1C1CCC(OC2CCCCO2)C1. The van der Waals surface area contributed by atoms with E-state index in [1.54, 1.807) is 0 Å². The summed E-state index contributed by atoms with van der Waals surface area (Å²) in [4.78, 5) is 14.6. The predicted molar refractivity (Wildman–Crippen MR) is 82.4 cm³/mol. The number of nitrogens with zero attached hydrogens (tertiary/aromatic N) is 1. The van der Waals surface area contributed by atoms with Gasteiger partial charge in [-0.2, -0.15) is 0 Å². The summed E-state index contributed by atoms with van der Waals surface area (Å²) in [6.45, 7) is 1.58. The standard InChI is InChI=1S/C18H23NO3/c20-18-16-6-2-1-5-13(16)12-19(18)14-8-9-15(11-14)22-17-7-3-4-10-21-17/h1-2,5-6,14-15,17H,3-4,7-12H2. The molecule has 1 aromatic carbocycles. The zero-order valence-electron chi connectivity index (χ0n) is 12.9. The lowest BCUT2D eigenvalue weighted by molar-refractivity contribution is -0.186. The molecule has 4 rings (SSSR count). The second-order valence-corrected chi connectivity index (χ2v) is 6.61. The first-order chi connectivity index (χ1) is 10.8. The Morgan fingerprint density at radius 1 is 1.14 bits per heavy atom. The number of carbonyl (C=O) groups excluding carboxylic acids is 1. The largest absolute Gasteiger partial charge is 0.353 e. The van der Waals surface area contributed by atoms with Gasteiger partial charge in [-0.3, -0.25) is 4.79 Å². The van der Waals surface area contributed by atoms with Crippen molar-refractivity contribution in [3.05, 3.63) is 35.4 Å². The molecular formula is C18H23NO3. The molecule has 118 valence electrons. The lowest BCUT2D eigenvalue weighted by Crippen LogP contribution is -2.34. The van der Waals surface area contributed by atoms with E-state index < -0.39 is 0 Å². The summed E-state index contributed by atoms with van der Waals surface area (Å²) >= 11 is 0. The van der Waals surface area contributed by atoms with E-state index in [9.17, 15) is 4.79 Å². The van der Waals surface area contributed by atoms with Crippen molar-refractivity contribution in [3.8, 4) is 0 Å². The Labute approximate surface area is 131 Å². The van der Waals surface area contributed by atoms with Crippen LogP contribution in [0.3, 0.4) is 0 Å². The van der Waals surface area contributed by atoms with Crippen molar-refractivity contribution in [2.45, 2.75) is 63.5 Å². The topological polar surface area (TPSA) is 38.8 Å². The molecule has 0 aromatic heterocycles. The van der Waals surface area contributed by atoms with E-state index in [-0.39, 0.29) is 18.3 Å². The maximum atomic E-state index is 12.5. The van der Waals surface area contributed by atoms with Gasteiger partial charge in [0, 0.05) is 24.8 Å². The second-order valence-electron chi connectivity index (χ2n) is 6.61. The zero-order valence-corrected chi connectivity index (χ0v) is 12.9. The van der Waals surface area contributed by atoms with Crippen LogP contribution in [-0.2, 0) is 16.0 Å². The molecule has 3 atom stereocenters. The Hall–Kier alpha value is -1.39. The van der Waals surface area contributed by atoms with Crippen molar-refractivity contribution in [1.82, 2.24) is 4.90 Å². The molecule has 4 heteroatoms. The van der Waals surface area contributed by atoms with E-state index in [2.05, 4.69) is 6.07 Å². The third-order valence-corrected chi connectivity index (χ3v) is 5.13. The van der Waals surface area contributed by atoms with Crippen molar-refractivity contribution < 1.29 is 14.3 Å². The lowest BCUT2D eigenvalue weighted by atomic mass is 10.1. The highest BCUT2D eigenvalue weighted by Gasteiger charge is 2.37. The molecule has 22 heavy (non-hydrogen) atoms. The van der Waals surface area contributed by atoms with Crippen LogP contribution >= 0.6 is 0 Å². The Kier molecular flexibility index (Phi) is 3.89. The molecular weight excluding hydrogens is 278 g/mol. The number of benzene rings is 1. The van der Waals surface area contributed by atoms with Crippen LogP contribution < -0.4 is 0 Å². The molecule has 1 amide bonds. The summed E-state index contributed by atoms with van der Waals surface area (Å²) in [6.07, 6.45) is 6.58. The average Bonchev–Trinajstić information content (AvgIpc) is 3.14. The average molecular weight is 301 g/mol. The third-order valence-electron chi connectivity index (χ3n) is 5.13. The van der Waals surface area contributed by atoms with Gasteiger partial charge in [-0.05, 0) is 50.2 Å². The van der Waals surface area contributed by atoms with Gasteiger partial charge in [-0.15, -0.1) is 0 Å². The first-order valence-electron chi connectivity index (χ1n) is 8.47. The molecule has 2 aliphatic heterocycles. The zero-order chi connectivity index (χ0) is 14.9. The van der Waals surface area contributed by atoms with E-state index in [4.69, 9.17) is 9.47 Å². The number of ether oxygens (including phenoxy) is 2. The molecule has 0 bridgehead atoms. The van der Waals surface area contributed by atoms with E-state index in [1.807, 2.05) is 23.1 Å². The molecule has 3 unspecified atom stereocenters. The van der Waals surface area contributed by atoms with Gasteiger partial charge in [-0.25, -0.2) is 0 Å². The molecule has 0 N–H and O–H groups in total. The quantitative estimate of drug-likeness (QED) is 0.861. The van der Waals surface area contributed by atoms with Gasteiger partial charge in [0.2, 0.25) is 0 Å². The number of fused-ring (bicyclic) bond motifs is 1. The van der Waals surface area contributed by atoms with Crippen molar-refractivity contribution in [3.63, 3.8) is 0 Å². The highest BCUT2D eigenvalue weighted by Crippen LogP contribution is 2.34. The first-order valence-corrected chi connectivity index (χ1v) is 8.47. The van der Waals surface area contributed by atoms with Crippen LogP contribution in [0, 0.1) is 0 Å². The van der Waals surface area contributed by atoms with Crippen LogP contribution in [0.1, 0.15) is 54.4 Å². The van der Waals surface area contributed by atoms with Crippen molar-refractivity contribution in [1.29, 1.82) is 0 Å². The minimum absolute atomic E-state index is 0.0241. The van der Waals surface area contributed by atoms with E-state index >= 15 is 0 Å². The smallest absolute Gasteiger partial charge is 0.254 e. The molecule has 4 nitrogen and oxygen atoms in total. The number of hydrogen-bond acceptors (Lipinski definition) is 3. The van der Waals surface area contributed by atoms with Gasteiger partial charge in [-0.1, -0.05) is 18.2 Å². The van der Waals surface area contributed by atoms with Gasteiger partial charge < -0.3 is 14.4 Å². The van der Waals surface area contributed by atoms with E-state index in [0.717, 1.165) is 56.4 Å². The first kappa shape index (κ1) is 14.2. The fourth-order valence-electron chi connectivity index (χ4n) is 3.93. The van der Waals surface area contributed by atoms with E-state index in [0.29, 0.717) is 6.04 Å². The maximum absolute atomic E-state index is 12.5. The van der Waals surface area contributed by atoms with Crippen LogP contribution in [-0.4, -0.2) is 35.8 Å². The summed E-state index contributed by atoms with van der Waals surface area (Å²) in [7, 11) is 0. The van der Waals surface area contributed by atoms with Crippen LogP contribution in [0.5, 0.6) is 0 Å². The van der Waals surface area contributed by atoms with E-state index in [1.165, 1.54) is 6.42 Å². The van der Waals surface area contributed by atoms with Crippen LogP contribution in [0.15, 0.2) is 24.3 Å². The van der Waals surface area contributed by atoms with Gasteiger partial charge >= 0.3 is 0 Å². The summed E-state index contributed by atoms with van der Waals surface area (Å²) in [5, 5.41) is 0.